The zero-order valence-corrected chi connectivity index (χ0v) is 17.0. The van der Waals surface area contributed by atoms with E-state index in [1.165, 1.54) is 12.1 Å². The van der Waals surface area contributed by atoms with Crippen molar-refractivity contribution in [2.24, 2.45) is 0 Å². The fraction of sp³-hybridized carbons (Fsp3) is 0.0556. The predicted octanol–water partition coefficient (Wildman–Crippen LogP) is 5.53. The lowest BCUT2D eigenvalue weighted by molar-refractivity contribution is 0.0703. The van der Waals surface area contributed by atoms with Crippen LogP contribution in [0.1, 0.15) is 15.2 Å². The Labute approximate surface area is 170 Å². The first-order valence-corrected chi connectivity index (χ1v) is 10.7. The van der Waals surface area contributed by atoms with Crippen LogP contribution >= 0.6 is 34.5 Å². The molecule has 0 fully saturated rings. The molecule has 0 radical (unpaired) electrons. The summed E-state index contributed by atoms with van der Waals surface area (Å²) in [4.78, 5) is 12.1. The molecule has 9 heteroatoms. The van der Waals surface area contributed by atoms with E-state index in [1.807, 2.05) is 0 Å². The van der Waals surface area contributed by atoms with Crippen molar-refractivity contribution >= 4 is 56.2 Å². The van der Waals surface area contributed by atoms with E-state index in [9.17, 15) is 18.3 Å². The molecule has 0 saturated heterocycles. The van der Waals surface area contributed by atoms with Crippen molar-refractivity contribution in [3.63, 3.8) is 0 Å². The molecule has 1 aromatic heterocycles. The molecule has 0 atom stereocenters. The molecule has 2 aromatic carbocycles. The number of hydrogen-bond acceptors (Lipinski definition) is 4. The smallest absolute Gasteiger partial charge is 0.348 e. The summed E-state index contributed by atoms with van der Waals surface area (Å²) in [6, 6.07) is 12.8. The molecule has 0 amide bonds. The summed E-state index contributed by atoms with van der Waals surface area (Å²) >= 11 is 12.9. The van der Waals surface area contributed by atoms with E-state index in [1.54, 1.807) is 43.3 Å². The second-order valence-corrected chi connectivity index (χ2v) is 9.18. The molecule has 3 rings (SSSR count). The second kappa shape index (κ2) is 7.52. The molecule has 1 heterocycles. The Balaban J connectivity index is 2.05. The van der Waals surface area contributed by atoms with Crippen LogP contribution in [0.5, 0.6) is 0 Å². The number of aryl methyl sites for hydroxylation is 1. The molecule has 0 aliphatic heterocycles. The van der Waals surface area contributed by atoms with Gasteiger partial charge in [-0.1, -0.05) is 47.5 Å². The minimum absolute atomic E-state index is 0.00294. The lowest BCUT2D eigenvalue weighted by Crippen LogP contribution is -2.15. The van der Waals surface area contributed by atoms with E-state index >= 15 is 0 Å². The average molecular weight is 442 g/mol. The summed E-state index contributed by atoms with van der Waals surface area (Å²) in [6.07, 6.45) is 0. The molecular formula is C18H13Cl2NO4S2. The standard InChI is InChI=1S/C18H13Cl2NO4S2/c1-10-4-2-3-5-16(10)27(24,25)21-14-9-15(26-17(14)18(22)23)11-6-7-12(19)13(20)8-11/h2-9,21H,1H3,(H,22,23). The minimum atomic E-state index is -3.94. The first-order chi connectivity index (χ1) is 12.7. The summed E-state index contributed by atoms with van der Waals surface area (Å²) in [6.45, 7) is 1.67. The molecule has 0 aliphatic carbocycles. The Morgan fingerprint density at radius 3 is 2.41 bits per heavy atom. The number of carboxylic acid groups (broad SMARTS) is 1. The Kier molecular flexibility index (Phi) is 5.48. The molecular weight excluding hydrogens is 429 g/mol. The molecule has 0 saturated carbocycles. The third-order valence-electron chi connectivity index (χ3n) is 3.76. The zero-order valence-electron chi connectivity index (χ0n) is 13.9. The highest BCUT2D eigenvalue weighted by Crippen LogP contribution is 2.38. The third-order valence-corrected chi connectivity index (χ3v) is 7.19. The van der Waals surface area contributed by atoms with Crippen molar-refractivity contribution in [2.75, 3.05) is 4.72 Å². The van der Waals surface area contributed by atoms with Gasteiger partial charge in [0.25, 0.3) is 10.0 Å². The number of halogens is 2. The summed E-state index contributed by atoms with van der Waals surface area (Å²) < 4.78 is 27.8. The maximum absolute atomic E-state index is 12.7. The number of hydrogen-bond donors (Lipinski definition) is 2. The third kappa shape index (κ3) is 4.11. The Bertz CT molecular complexity index is 1140. The van der Waals surface area contributed by atoms with E-state index in [4.69, 9.17) is 23.2 Å². The van der Waals surface area contributed by atoms with Crippen LogP contribution in [0.2, 0.25) is 10.0 Å². The van der Waals surface area contributed by atoms with Gasteiger partial charge < -0.3 is 5.11 Å². The van der Waals surface area contributed by atoms with Gasteiger partial charge in [0.05, 0.1) is 20.6 Å². The van der Waals surface area contributed by atoms with E-state index in [2.05, 4.69) is 4.72 Å². The van der Waals surface area contributed by atoms with Gasteiger partial charge in [0, 0.05) is 4.88 Å². The van der Waals surface area contributed by atoms with Crippen molar-refractivity contribution in [3.8, 4) is 10.4 Å². The topological polar surface area (TPSA) is 83.5 Å². The van der Waals surface area contributed by atoms with Crippen molar-refractivity contribution < 1.29 is 18.3 Å². The van der Waals surface area contributed by atoms with Gasteiger partial charge in [0.2, 0.25) is 0 Å². The monoisotopic (exact) mass is 441 g/mol. The second-order valence-electron chi connectivity index (χ2n) is 5.66. The van der Waals surface area contributed by atoms with Crippen LogP contribution in [-0.2, 0) is 10.0 Å². The van der Waals surface area contributed by atoms with Crippen LogP contribution in [0.25, 0.3) is 10.4 Å². The van der Waals surface area contributed by atoms with Gasteiger partial charge in [-0.25, -0.2) is 13.2 Å². The van der Waals surface area contributed by atoms with Gasteiger partial charge in [-0.3, -0.25) is 4.72 Å². The van der Waals surface area contributed by atoms with Crippen LogP contribution in [0, 0.1) is 6.92 Å². The van der Waals surface area contributed by atoms with E-state index in [0.29, 0.717) is 26.0 Å². The Morgan fingerprint density at radius 2 is 1.78 bits per heavy atom. The van der Waals surface area contributed by atoms with Gasteiger partial charge >= 0.3 is 5.97 Å². The van der Waals surface area contributed by atoms with Crippen LogP contribution < -0.4 is 4.72 Å². The lowest BCUT2D eigenvalue weighted by atomic mass is 10.2. The first-order valence-electron chi connectivity index (χ1n) is 7.60. The molecule has 140 valence electrons. The number of carbonyl (C=O) groups is 1. The Morgan fingerprint density at radius 1 is 1.07 bits per heavy atom. The van der Waals surface area contributed by atoms with Crippen molar-refractivity contribution in [1.29, 1.82) is 0 Å². The van der Waals surface area contributed by atoms with Crippen LogP contribution in [0.4, 0.5) is 5.69 Å². The van der Waals surface area contributed by atoms with Gasteiger partial charge in [-0.2, -0.15) is 0 Å². The van der Waals surface area contributed by atoms with Crippen LogP contribution in [-0.4, -0.2) is 19.5 Å². The van der Waals surface area contributed by atoms with E-state index < -0.39 is 16.0 Å². The average Bonchev–Trinajstić information content (AvgIpc) is 3.01. The van der Waals surface area contributed by atoms with Crippen LogP contribution in [0.3, 0.4) is 0 Å². The molecule has 0 bridgehead atoms. The number of thiophene rings is 1. The highest BCUT2D eigenvalue weighted by molar-refractivity contribution is 7.92. The quantitative estimate of drug-likeness (QED) is 0.544. The fourth-order valence-electron chi connectivity index (χ4n) is 2.48. The number of aromatic carboxylic acids is 1. The van der Waals surface area contributed by atoms with Gasteiger partial charge in [0.1, 0.15) is 4.88 Å². The molecule has 3 aromatic rings. The minimum Gasteiger partial charge on any atom is -0.477 e. The summed E-state index contributed by atoms with van der Waals surface area (Å²) in [5, 5.41) is 10.2. The number of nitrogens with one attached hydrogen (secondary N) is 1. The molecule has 0 spiro atoms. The molecule has 0 aliphatic rings. The number of anilines is 1. The molecule has 0 unspecified atom stereocenters. The van der Waals surface area contributed by atoms with Crippen molar-refractivity contribution in [2.45, 2.75) is 11.8 Å². The van der Waals surface area contributed by atoms with E-state index in [-0.39, 0.29) is 15.5 Å². The number of rotatable bonds is 5. The normalized spacial score (nSPS) is 11.4. The maximum Gasteiger partial charge on any atom is 0.348 e. The van der Waals surface area contributed by atoms with E-state index in [0.717, 1.165) is 11.3 Å². The zero-order chi connectivity index (χ0) is 19.8. The fourth-order valence-corrected chi connectivity index (χ4v) is 5.10. The number of benzene rings is 2. The van der Waals surface area contributed by atoms with Crippen molar-refractivity contribution in [3.05, 3.63) is 69.0 Å². The summed E-state index contributed by atoms with van der Waals surface area (Å²) in [5.74, 6) is -1.23. The SMILES string of the molecule is Cc1ccccc1S(=O)(=O)Nc1cc(-c2ccc(Cl)c(Cl)c2)sc1C(=O)O. The lowest BCUT2D eigenvalue weighted by Gasteiger charge is -2.09. The Hall–Kier alpha value is -2.06. The largest absolute Gasteiger partial charge is 0.477 e. The van der Waals surface area contributed by atoms with Gasteiger partial charge in [0.15, 0.2) is 0 Å². The maximum atomic E-state index is 12.7. The first kappa shape index (κ1) is 19.7. The highest BCUT2D eigenvalue weighted by atomic mass is 35.5. The van der Waals surface area contributed by atoms with Crippen molar-refractivity contribution in [1.82, 2.24) is 0 Å². The number of sulfonamides is 1. The van der Waals surface area contributed by atoms with Gasteiger partial charge in [-0.15, -0.1) is 11.3 Å². The molecule has 5 nitrogen and oxygen atoms in total. The predicted molar refractivity (Wildman–Crippen MR) is 109 cm³/mol. The highest BCUT2D eigenvalue weighted by Gasteiger charge is 2.23. The van der Waals surface area contributed by atoms with Crippen LogP contribution in [0.15, 0.2) is 53.4 Å². The number of carboxylic acids is 1. The summed E-state index contributed by atoms with van der Waals surface area (Å²) in [7, 11) is -3.94. The molecule has 27 heavy (non-hydrogen) atoms. The van der Waals surface area contributed by atoms with Gasteiger partial charge in [-0.05, 0) is 42.3 Å². The molecule has 2 N–H and O–H groups in total. The summed E-state index contributed by atoms with van der Waals surface area (Å²) in [5.41, 5.74) is 1.19.